The summed E-state index contributed by atoms with van der Waals surface area (Å²) in [6, 6.07) is 16.4. The number of para-hydroxylation sites is 1. The van der Waals surface area contributed by atoms with Crippen molar-refractivity contribution in [1.29, 1.82) is 0 Å². The summed E-state index contributed by atoms with van der Waals surface area (Å²) in [6.45, 7) is 2.46. The van der Waals surface area contributed by atoms with Crippen LogP contribution < -0.4 is 10.7 Å². The molecule has 0 aliphatic rings. The van der Waals surface area contributed by atoms with Crippen LogP contribution in [0.4, 0.5) is 0 Å². The summed E-state index contributed by atoms with van der Waals surface area (Å²) in [5, 5.41) is 6.21. The summed E-state index contributed by atoms with van der Waals surface area (Å²) < 4.78 is 5.55. The number of fused-ring (bicyclic) bond motifs is 1. The molecule has 4 aromatic rings. The molecule has 0 saturated carbocycles. The van der Waals surface area contributed by atoms with Crippen LogP contribution in [0, 0.1) is 6.92 Å². The summed E-state index contributed by atoms with van der Waals surface area (Å²) in [6.07, 6.45) is 0.603. The molecule has 1 N–H and O–H groups in total. The number of rotatable bonds is 5. The van der Waals surface area contributed by atoms with Gasteiger partial charge in [-0.05, 0) is 19.1 Å². The van der Waals surface area contributed by atoms with Crippen LogP contribution in [0.5, 0.6) is 0 Å². The van der Waals surface area contributed by atoms with E-state index in [4.69, 9.17) is 4.42 Å². The maximum Gasteiger partial charge on any atom is 0.287 e. The van der Waals surface area contributed by atoms with Crippen LogP contribution in [-0.2, 0) is 6.42 Å². The SMILES string of the molecule is Cc1ccc(-c2nc(CCNC(=O)c3cc(=O)c4ccccc4o3)cs2)cc1. The van der Waals surface area contributed by atoms with Gasteiger partial charge in [0.25, 0.3) is 5.91 Å². The van der Waals surface area contributed by atoms with E-state index in [1.54, 1.807) is 35.6 Å². The maximum atomic E-state index is 12.3. The van der Waals surface area contributed by atoms with Crippen LogP contribution in [0.2, 0.25) is 0 Å². The Balaban J connectivity index is 1.39. The molecule has 2 heterocycles. The third kappa shape index (κ3) is 3.87. The van der Waals surface area contributed by atoms with Crippen LogP contribution in [0.3, 0.4) is 0 Å². The molecule has 0 radical (unpaired) electrons. The first kappa shape index (κ1) is 18.1. The van der Waals surface area contributed by atoms with E-state index < -0.39 is 5.91 Å². The second-order valence-corrected chi connectivity index (χ2v) is 7.35. The second kappa shape index (κ2) is 7.78. The standard InChI is InChI=1S/C22H18N2O3S/c1-14-6-8-15(9-7-14)22-24-16(13-28-22)10-11-23-21(26)20-12-18(25)17-4-2-3-5-19(17)27-20/h2-9,12-13H,10-11H2,1H3,(H,23,26). The average Bonchev–Trinajstić information content (AvgIpc) is 3.17. The fourth-order valence-corrected chi connectivity index (χ4v) is 3.72. The maximum absolute atomic E-state index is 12.3. The number of aromatic nitrogens is 1. The number of nitrogens with zero attached hydrogens (tertiary/aromatic N) is 1. The topological polar surface area (TPSA) is 72.2 Å². The molecule has 5 nitrogen and oxygen atoms in total. The molecule has 0 fully saturated rings. The third-order valence-electron chi connectivity index (χ3n) is 4.38. The van der Waals surface area contributed by atoms with Crippen molar-refractivity contribution in [2.45, 2.75) is 13.3 Å². The van der Waals surface area contributed by atoms with E-state index in [9.17, 15) is 9.59 Å². The highest BCUT2D eigenvalue weighted by Gasteiger charge is 2.12. The Morgan fingerprint density at radius 2 is 1.93 bits per heavy atom. The molecule has 2 aromatic heterocycles. The van der Waals surface area contributed by atoms with E-state index in [-0.39, 0.29) is 11.2 Å². The van der Waals surface area contributed by atoms with Crippen LogP contribution in [0.25, 0.3) is 21.5 Å². The molecule has 0 unspecified atom stereocenters. The van der Waals surface area contributed by atoms with Crippen molar-refractivity contribution >= 4 is 28.2 Å². The monoisotopic (exact) mass is 390 g/mol. The van der Waals surface area contributed by atoms with Gasteiger partial charge in [0.05, 0.1) is 11.1 Å². The molecule has 0 saturated heterocycles. The molecule has 0 aliphatic carbocycles. The van der Waals surface area contributed by atoms with E-state index in [1.807, 2.05) is 5.38 Å². The van der Waals surface area contributed by atoms with Crippen LogP contribution >= 0.6 is 11.3 Å². The van der Waals surface area contributed by atoms with Gasteiger partial charge in [-0.2, -0.15) is 0 Å². The number of hydrogen-bond acceptors (Lipinski definition) is 5. The summed E-state index contributed by atoms with van der Waals surface area (Å²) >= 11 is 1.58. The number of nitrogens with one attached hydrogen (secondary N) is 1. The van der Waals surface area contributed by atoms with Gasteiger partial charge in [0.1, 0.15) is 10.6 Å². The molecule has 0 atom stereocenters. The zero-order valence-electron chi connectivity index (χ0n) is 15.3. The van der Waals surface area contributed by atoms with Crippen molar-refractivity contribution in [3.63, 3.8) is 0 Å². The summed E-state index contributed by atoms with van der Waals surface area (Å²) in [5.74, 6) is -0.390. The van der Waals surface area contributed by atoms with Gasteiger partial charge in [0.2, 0.25) is 0 Å². The molecule has 140 valence electrons. The predicted molar refractivity (Wildman–Crippen MR) is 111 cm³/mol. The number of thiazole rings is 1. The minimum atomic E-state index is -0.406. The van der Waals surface area contributed by atoms with Gasteiger partial charge in [-0.25, -0.2) is 4.98 Å². The quantitative estimate of drug-likeness (QED) is 0.554. The first-order valence-electron chi connectivity index (χ1n) is 8.93. The van der Waals surface area contributed by atoms with Gasteiger partial charge in [0.15, 0.2) is 11.2 Å². The van der Waals surface area contributed by atoms with Crippen molar-refractivity contribution in [3.05, 3.63) is 87.2 Å². The number of carbonyl (C=O) groups is 1. The number of hydrogen-bond donors (Lipinski definition) is 1. The van der Waals surface area contributed by atoms with Gasteiger partial charge in [0, 0.05) is 30.0 Å². The summed E-state index contributed by atoms with van der Waals surface area (Å²) in [4.78, 5) is 29.1. The zero-order valence-corrected chi connectivity index (χ0v) is 16.1. The Morgan fingerprint density at radius 1 is 1.14 bits per heavy atom. The highest BCUT2D eigenvalue weighted by molar-refractivity contribution is 7.13. The molecule has 0 spiro atoms. The number of carbonyl (C=O) groups excluding carboxylic acids is 1. The summed E-state index contributed by atoms with van der Waals surface area (Å²) in [7, 11) is 0. The van der Waals surface area contributed by atoms with E-state index in [2.05, 4.69) is 41.5 Å². The van der Waals surface area contributed by atoms with Gasteiger partial charge < -0.3 is 9.73 Å². The molecule has 6 heteroatoms. The average molecular weight is 390 g/mol. The van der Waals surface area contributed by atoms with Crippen LogP contribution in [0.15, 0.2) is 69.2 Å². The van der Waals surface area contributed by atoms with Crippen LogP contribution in [-0.4, -0.2) is 17.4 Å². The predicted octanol–water partition coefficient (Wildman–Crippen LogP) is 4.20. The molecule has 0 aliphatic heterocycles. The Kier molecular flexibility index (Phi) is 5.04. The highest BCUT2D eigenvalue weighted by Crippen LogP contribution is 2.24. The Labute approximate surface area is 165 Å². The van der Waals surface area contributed by atoms with Crippen molar-refractivity contribution in [1.82, 2.24) is 10.3 Å². The molecule has 28 heavy (non-hydrogen) atoms. The second-order valence-electron chi connectivity index (χ2n) is 6.49. The fraction of sp³-hybridized carbons (Fsp3) is 0.136. The van der Waals surface area contributed by atoms with E-state index >= 15 is 0 Å². The van der Waals surface area contributed by atoms with Gasteiger partial charge in [-0.15, -0.1) is 11.3 Å². The molecule has 4 rings (SSSR count). The number of benzene rings is 2. The Bertz CT molecular complexity index is 1190. The van der Waals surface area contributed by atoms with E-state index in [0.717, 1.165) is 16.3 Å². The smallest absolute Gasteiger partial charge is 0.287 e. The van der Waals surface area contributed by atoms with Gasteiger partial charge in [-0.1, -0.05) is 42.0 Å². The van der Waals surface area contributed by atoms with E-state index in [0.29, 0.717) is 23.9 Å². The Morgan fingerprint density at radius 3 is 2.75 bits per heavy atom. The normalized spacial score (nSPS) is 10.9. The van der Waals surface area contributed by atoms with Gasteiger partial charge >= 0.3 is 0 Å². The van der Waals surface area contributed by atoms with Crippen molar-refractivity contribution < 1.29 is 9.21 Å². The largest absolute Gasteiger partial charge is 0.451 e. The molecule has 0 bridgehead atoms. The zero-order chi connectivity index (χ0) is 19.5. The molecular weight excluding hydrogens is 372 g/mol. The first-order valence-corrected chi connectivity index (χ1v) is 9.81. The lowest BCUT2D eigenvalue weighted by atomic mass is 10.2. The van der Waals surface area contributed by atoms with Crippen molar-refractivity contribution in [3.8, 4) is 10.6 Å². The van der Waals surface area contributed by atoms with Crippen molar-refractivity contribution in [2.24, 2.45) is 0 Å². The minimum absolute atomic E-state index is 0.0160. The first-order chi connectivity index (χ1) is 13.6. The minimum Gasteiger partial charge on any atom is -0.451 e. The van der Waals surface area contributed by atoms with Gasteiger partial charge in [-0.3, -0.25) is 9.59 Å². The molecule has 1 amide bonds. The number of amides is 1. The fourth-order valence-electron chi connectivity index (χ4n) is 2.86. The Hall–Kier alpha value is -3.25. The van der Waals surface area contributed by atoms with Crippen LogP contribution in [0.1, 0.15) is 21.8 Å². The number of aryl methyl sites for hydroxylation is 1. The lowest BCUT2D eigenvalue weighted by molar-refractivity contribution is 0.0927. The van der Waals surface area contributed by atoms with E-state index in [1.165, 1.54) is 11.6 Å². The third-order valence-corrected chi connectivity index (χ3v) is 5.32. The molecular formula is C22H18N2O3S. The lowest BCUT2D eigenvalue weighted by Crippen LogP contribution is -2.26. The summed E-state index contributed by atoms with van der Waals surface area (Å²) in [5.41, 5.74) is 3.39. The molecule has 2 aromatic carbocycles. The lowest BCUT2D eigenvalue weighted by Gasteiger charge is -2.04. The highest BCUT2D eigenvalue weighted by atomic mass is 32.1. The van der Waals surface area contributed by atoms with Crippen molar-refractivity contribution in [2.75, 3.05) is 6.54 Å².